The lowest BCUT2D eigenvalue weighted by atomic mass is 9.85. The lowest BCUT2D eigenvalue weighted by molar-refractivity contribution is -0.141. The van der Waals surface area contributed by atoms with Crippen molar-refractivity contribution in [2.24, 2.45) is 11.3 Å². The van der Waals surface area contributed by atoms with Gasteiger partial charge < -0.3 is 21.3 Å². The Morgan fingerprint density at radius 3 is 2.00 bits per heavy atom. The predicted octanol–water partition coefficient (Wildman–Crippen LogP) is 1.89. The Labute approximate surface area is 219 Å². The van der Waals surface area contributed by atoms with Crippen LogP contribution in [0.2, 0.25) is 0 Å². The molecule has 204 valence electrons. The van der Waals surface area contributed by atoms with E-state index in [1.54, 1.807) is 34.6 Å². The van der Waals surface area contributed by atoms with Gasteiger partial charge in [-0.05, 0) is 43.2 Å². The second-order valence-electron chi connectivity index (χ2n) is 11.1. The molecule has 1 fully saturated rings. The van der Waals surface area contributed by atoms with Crippen molar-refractivity contribution in [1.29, 1.82) is 0 Å². The van der Waals surface area contributed by atoms with Gasteiger partial charge in [-0.3, -0.25) is 29.0 Å². The number of carbonyl (C=O) groups is 5. The molecule has 10 heteroatoms. The van der Waals surface area contributed by atoms with E-state index in [0.29, 0.717) is 5.56 Å². The average Bonchev–Trinajstić information content (AvgIpc) is 2.85. The molecule has 0 saturated heterocycles. The highest BCUT2D eigenvalue weighted by Crippen LogP contribution is 2.20. The van der Waals surface area contributed by atoms with E-state index in [4.69, 9.17) is 0 Å². The number of hydrogen-bond acceptors (Lipinski definition) is 6. The Kier molecular flexibility index (Phi) is 10.8. The van der Waals surface area contributed by atoms with Gasteiger partial charge in [0.05, 0.1) is 6.04 Å². The normalized spacial score (nSPS) is 16.7. The third kappa shape index (κ3) is 8.94. The van der Waals surface area contributed by atoms with E-state index >= 15 is 0 Å². The molecule has 1 aromatic rings. The molecule has 0 aromatic carbocycles. The van der Waals surface area contributed by atoms with Crippen molar-refractivity contribution in [1.82, 2.24) is 26.3 Å². The van der Waals surface area contributed by atoms with Crippen molar-refractivity contribution >= 4 is 29.4 Å². The van der Waals surface area contributed by atoms with Crippen LogP contribution in [0.4, 0.5) is 0 Å². The fraction of sp³-hybridized carbons (Fsp3) is 0.630. The molecule has 0 aliphatic heterocycles. The van der Waals surface area contributed by atoms with Crippen molar-refractivity contribution in [2.45, 2.75) is 97.8 Å². The molecule has 0 spiro atoms. The molecule has 0 bridgehead atoms. The third-order valence-electron chi connectivity index (χ3n) is 6.51. The van der Waals surface area contributed by atoms with Crippen LogP contribution in [0, 0.1) is 11.3 Å². The van der Waals surface area contributed by atoms with Crippen LogP contribution in [-0.4, -0.2) is 58.6 Å². The van der Waals surface area contributed by atoms with E-state index in [1.807, 2.05) is 0 Å². The highest BCUT2D eigenvalue weighted by atomic mass is 16.2. The second kappa shape index (κ2) is 13.3. The standard InChI is InChI=1S/C27H41N5O5/c1-16(2)20(21(33)25(36)30-19-10-8-7-9-11-19)31-23(34)17(3)29-26(37)22(27(4,5)6)32-24(35)18-12-14-28-15-13-18/h12-17,19-20,22H,7-11H2,1-6H3,(H,29,37)(H,30,36)(H,31,34)(H,32,35)/t17-,20+,22+/m0/s1. The highest BCUT2D eigenvalue weighted by Gasteiger charge is 2.36. The van der Waals surface area contributed by atoms with Gasteiger partial charge in [-0.1, -0.05) is 53.9 Å². The van der Waals surface area contributed by atoms with Crippen molar-refractivity contribution in [3.63, 3.8) is 0 Å². The number of amides is 4. The summed E-state index contributed by atoms with van der Waals surface area (Å²) in [7, 11) is 0. The van der Waals surface area contributed by atoms with E-state index in [1.165, 1.54) is 31.5 Å². The molecule has 0 radical (unpaired) electrons. The summed E-state index contributed by atoms with van der Waals surface area (Å²) < 4.78 is 0. The van der Waals surface area contributed by atoms with E-state index in [2.05, 4.69) is 26.3 Å². The second-order valence-corrected chi connectivity index (χ2v) is 11.1. The molecular formula is C27H41N5O5. The molecule has 1 aliphatic rings. The Hall–Kier alpha value is -3.30. The maximum absolute atomic E-state index is 13.1. The van der Waals surface area contributed by atoms with E-state index in [-0.39, 0.29) is 12.0 Å². The summed E-state index contributed by atoms with van der Waals surface area (Å²) in [6.07, 6.45) is 7.79. The number of carbonyl (C=O) groups excluding carboxylic acids is 5. The number of aromatic nitrogens is 1. The SMILES string of the molecule is CC(C)[C@@H](NC(=O)[C@H](C)NC(=O)[C@@H](NC(=O)c1ccncc1)C(C)(C)C)C(=O)C(=O)NC1CCCCC1. The number of nitrogens with zero attached hydrogens (tertiary/aromatic N) is 1. The van der Waals surface area contributed by atoms with E-state index < -0.39 is 53.0 Å². The summed E-state index contributed by atoms with van der Waals surface area (Å²) in [4.78, 5) is 68.0. The van der Waals surface area contributed by atoms with E-state index in [0.717, 1.165) is 32.1 Å². The molecule has 4 N–H and O–H groups in total. The number of nitrogens with one attached hydrogen (secondary N) is 4. The van der Waals surface area contributed by atoms with Gasteiger partial charge in [-0.25, -0.2) is 0 Å². The van der Waals surface area contributed by atoms with Crippen molar-refractivity contribution in [3.05, 3.63) is 30.1 Å². The fourth-order valence-corrected chi connectivity index (χ4v) is 4.21. The van der Waals surface area contributed by atoms with Crippen LogP contribution in [0.3, 0.4) is 0 Å². The number of rotatable bonds is 10. The topological polar surface area (TPSA) is 146 Å². The van der Waals surface area contributed by atoms with E-state index in [9.17, 15) is 24.0 Å². The molecule has 2 rings (SSSR count). The van der Waals surface area contributed by atoms with Crippen molar-refractivity contribution < 1.29 is 24.0 Å². The van der Waals surface area contributed by atoms with Gasteiger partial charge in [0, 0.05) is 24.0 Å². The first-order valence-corrected chi connectivity index (χ1v) is 13.0. The number of hydrogen-bond donors (Lipinski definition) is 4. The Morgan fingerprint density at radius 2 is 1.46 bits per heavy atom. The molecular weight excluding hydrogens is 474 g/mol. The number of pyridine rings is 1. The molecule has 10 nitrogen and oxygen atoms in total. The molecule has 1 heterocycles. The largest absolute Gasteiger partial charge is 0.347 e. The minimum absolute atomic E-state index is 0.0244. The lowest BCUT2D eigenvalue weighted by Gasteiger charge is -2.31. The lowest BCUT2D eigenvalue weighted by Crippen LogP contribution is -2.59. The minimum atomic E-state index is -1.03. The molecule has 0 unspecified atom stereocenters. The smallest absolute Gasteiger partial charge is 0.289 e. The third-order valence-corrected chi connectivity index (χ3v) is 6.51. The monoisotopic (exact) mass is 515 g/mol. The maximum Gasteiger partial charge on any atom is 0.289 e. The number of Topliss-reactive ketones (excluding diaryl/α,β-unsaturated/α-hetero) is 1. The summed E-state index contributed by atoms with van der Waals surface area (Å²) >= 11 is 0. The van der Waals surface area contributed by atoms with Crippen LogP contribution < -0.4 is 21.3 Å². The number of ketones is 1. The van der Waals surface area contributed by atoms with Gasteiger partial charge in [0.2, 0.25) is 17.6 Å². The molecule has 4 amide bonds. The summed E-state index contributed by atoms with van der Waals surface area (Å²) in [5.41, 5.74) is -0.302. The fourth-order valence-electron chi connectivity index (χ4n) is 4.21. The van der Waals surface area contributed by atoms with Gasteiger partial charge in [0.15, 0.2) is 0 Å². The Balaban J connectivity index is 2.02. The first-order chi connectivity index (χ1) is 17.3. The van der Waals surface area contributed by atoms with Gasteiger partial charge in [-0.15, -0.1) is 0 Å². The maximum atomic E-state index is 13.1. The first kappa shape index (κ1) is 29.9. The van der Waals surface area contributed by atoms with Crippen molar-refractivity contribution in [2.75, 3.05) is 0 Å². The molecule has 1 aliphatic carbocycles. The van der Waals surface area contributed by atoms with Gasteiger partial charge >= 0.3 is 0 Å². The summed E-state index contributed by atoms with van der Waals surface area (Å²) in [5, 5.41) is 10.8. The van der Waals surface area contributed by atoms with Crippen LogP contribution in [0.15, 0.2) is 24.5 Å². The van der Waals surface area contributed by atoms with Crippen LogP contribution >= 0.6 is 0 Å². The molecule has 37 heavy (non-hydrogen) atoms. The van der Waals surface area contributed by atoms with Crippen LogP contribution in [-0.2, 0) is 19.2 Å². The summed E-state index contributed by atoms with van der Waals surface area (Å²) in [6, 6.07) is 0.0780. The highest BCUT2D eigenvalue weighted by molar-refractivity contribution is 6.38. The molecule has 1 aromatic heterocycles. The van der Waals surface area contributed by atoms with Crippen LogP contribution in [0.5, 0.6) is 0 Å². The zero-order valence-electron chi connectivity index (χ0n) is 22.7. The average molecular weight is 516 g/mol. The Morgan fingerprint density at radius 1 is 0.865 bits per heavy atom. The van der Waals surface area contributed by atoms with Gasteiger partial charge in [-0.2, -0.15) is 0 Å². The predicted molar refractivity (Wildman–Crippen MR) is 139 cm³/mol. The quantitative estimate of drug-likeness (QED) is 0.350. The van der Waals surface area contributed by atoms with Crippen molar-refractivity contribution in [3.8, 4) is 0 Å². The zero-order valence-corrected chi connectivity index (χ0v) is 22.7. The first-order valence-electron chi connectivity index (χ1n) is 13.0. The molecule has 1 saturated carbocycles. The van der Waals surface area contributed by atoms with Gasteiger partial charge in [0.25, 0.3) is 11.8 Å². The molecule has 3 atom stereocenters. The van der Waals surface area contributed by atoms with Gasteiger partial charge in [0.1, 0.15) is 12.1 Å². The summed E-state index contributed by atoms with van der Waals surface area (Å²) in [5.74, 6) is -3.32. The minimum Gasteiger partial charge on any atom is -0.347 e. The Bertz CT molecular complexity index is 967. The van der Waals surface area contributed by atoms with Crippen LogP contribution in [0.25, 0.3) is 0 Å². The van der Waals surface area contributed by atoms with Crippen LogP contribution in [0.1, 0.15) is 84.0 Å². The zero-order chi connectivity index (χ0) is 27.8. The summed E-state index contributed by atoms with van der Waals surface area (Å²) in [6.45, 7) is 10.4.